The van der Waals surface area contributed by atoms with Crippen LogP contribution in [0.2, 0.25) is 0 Å². The van der Waals surface area contributed by atoms with Crippen LogP contribution in [0.1, 0.15) is 16.1 Å². The molecule has 1 heterocycles. The molecule has 6 nitrogen and oxygen atoms in total. The van der Waals surface area contributed by atoms with Crippen LogP contribution in [-0.4, -0.2) is 18.1 Å². The van der Waals surface area contributed by atoms with Crippen LogP contribution in [0.5, 0.6) is 0 Å². The van der Waals surface area contributed by atoms with Crippen LogP contribution in [-0.2, 0) is 11.3 Å². The molecule has 0 aliphatic heterocycles. The van der Waals surface area contributed by atoms with Crippen molar-refractivity contribution in [3.8, 4) is 0 Å². The molecule has 1 aromatic heterocycles. The van der Waals surface area contributed by atoms with Crippen molar-refractivity contribution >= 4 is 28.7 Å². The minimum absolute atomic E-state index is 0.104. The molecule has 0 aliphatic rings. The first-order valence-electron chi connectivity index (χ1n) is 5.48. The number of rotatable bonds is 4. The third kappa shape index (κ3) is 3.14. The zero-order valence-electron chi connectivity index (χ0n) is 10.2. The number of nitrogen functional groups attached to an aromatic ring is 1. The standard InChI is InChI=1S/C12H13N3O3S/c1-18-11(16)7-2-3-9(13)10(4-7)14-5-8-6-19-12(17)15-8/h2-4,6,14H,5,13H2,1H3,(H,15,17). The first kappa shape index (κ1) is 13.2. The van der Waals surface area contributed by atoms with E-state index in [1.54, 1.807) is 23.6 Å². The monoisotopic (exact) mass is 279 g/mol. The van der Waals surface area contributed by atoms with Crippen LogP contribution in [0.15, 0.2) is 28.4 Å². The van der Waals surface area contributed by atoms with Gasteiger partial charge in [-0.3, -0.25) is 4.79 Å². The number of benzene rings is 1. The van der Waals surface area contributed by atoms with Gasteiger partial charge in [-0.1, -0.05) is 11.3 Å². The Morgan fingerprint density at radius 1 is 1.53 bits per heavy atom. The fourth-order valence-corrected chi connectivity index (χ4v) is 2.13. The van der Waals surface area contributed by atoms with Gasteiger partial charge in [0.05, 0.1) is 30.6 Å². The molecule has 0 fully saturated rings. The molecule has 19 heavy (non-hydrogen) atoms. The molecular formula is C12H13N3O3S. The number of aromatic amines is 1. The number of hydrogen-bond donors (Lipinski definition) is 3. The highest BCUT2D eigenvalue weighted by molar-refractivity contribution is 7.07. The van der Waals surface area contributed by atoms with Crippen LogP contribution in [0.4, 0.5) is 11.4 Å². The van der Waals surface area contributed by atoms with Gasteiger partial charge in [0, 0.05) is 11.1 Å². The number of thiazole rings is 1. The highest BCUT2D eigenvalue weighted by Crippen LogP contribution is 2.21. The summed E-state index contributed by atoms with van der Waals surface area (Å²) >= 11 is 1.10. The molecule has 0 saturated carbocycles. The average Bonchev–Trinajstić information content (AvgIpc) is 2.82. The maximum absolute atomic E-state index is 11.4. The SMILES string of the molecule is COC(=O)c1ccc(N)c(NCc2csc(=O)[nH]2)c1. The number of esters is 1. The van der Waals surface area contributed by atoms with Crippen molar-refractivity contribution in [1.29, 1.82) is 0 Å². The maximum atomic E-state index is 11.4. The molecule has 0 radical (unpaired) electrons. The molecule has 0 amide bonds. The lowest BCUT2D eigenvalue weighted by Crippen LogP contribution is -2.07. The molecule has 1 aromatic carbocycles. The number of nitrogens with one attached hydrogen (secondary N) is 2. The Bertz CT molecular complexity index is 648. The highest BCUT2D eigenvalue weighted by atomic mass is 32.1. The van der Waals surface area contributed by atoms with Crippen molar-refractivity contribution in [2.24, 2.45) is 0 Å². The normalized spacial score (nSPS) is 10.2. The van der Waals surface area contributed by atoms with E-state index in [1.807, 2.05) is 0 Å². The van der Waals surface area contributed by atoms with Crippen LogP contribution < -0.4 is 15.9 Å². The molecule has 0 saturated heterocycles. The van der Waals surface area contributed by atoms with Crippen molar-refractivity contribution in [1.82, 2.24) is 4.98 Å². The minimum Gasteiger partial charge on any atom is -0.465 e. The van der Waals surface area contributed by atoms with Crippen molar-refractivity contribution in [2.75, 3.05) is 18.2 Å². The number of carbonyl (C=O) groups is 1. The number of hydrogen-bond acceptors (Lipinski definition) is 6. The first-order valence-corrected chi connectivity index (χ1v) is 6.36. The van der Waals surface area contributed by atoms with E-state index in [1.165, 1.54) is 7.11 Å². The summed E-state index contributed by atoms with van der Waals surface area (Å²) in [5, 5.41) is 4.80. The quantitative estimate of drug-likeness (QED) is 0.581. The predicted octanol–water partition coefficient (Wildman–Crippen LogP) is 1.42. The van der Waals surface area contributed by atoms with Gasteiger partial charge in [-0.25, -0.2) is 4.79 Å². The van der Waals surface area contributed by atoms with Crippen LogP contribution >= 0.6 is 11.3 Å². The van der Waals surface area contributed by atoms with Gasteiger partial charge in [0.15, 0.2) is 0 Å². The Morgan fingerprint density at radius 3 is 2.95 bits per heavy atom. The lowest BCUT2D eigenvalue weighted by Gasteiger charge is -2.09. The Balaban J connectivity index is 2.15. The van der Waals surface area contributed by atoms with Crippen LogP contribution in [0.3, 0.4) is 0 Å². The number of ether oxygens (including phenoxy) is 1. The molecule has 2 aromatic rings. The molecule has 0 aliphatic carbocycles. The zero-order valence-corrected chi connectivity index (χ0v) is 11.0. The lowest BCUT2D eigenvalue weighted by atomic mass is 10.1. The molecule has 0 atom stereocenters. The number of nitrogens with two attached hydrogens (primary N) is 1. The topological polar surface area (TPSA) is 97.2 Å². The van der Waals surface area contributed by atoms with E-state index < -0.39 is 5.97 Å². The van der Waals surface area contributed by atoms with Crippen molar-refractivity contribution in [2.45, 2.75) is 6.54 Å². The zero-order chi connectivity index (χ0) is 13.8. The van der Waals surface area contributed by atoms with Gasteiger partial charge < -0.3 is 20.8 Å². The predicted molar refractivity (Wildman–Crippen MR) is 74.5 cm³/mol. The van der Waals surface area contributed by atoms with Gasteiger partial charge in [0.2, 0.25) is 0 Å². The number of anilines is 2. The summed E-state index contributed by atoms with van der Waals surface area (Å²) in [5.74, 6) is -0.424. The van der Waals surface area contributed by atoms with E-state index in [9.17, 15) is 9.59 Å². The average molecular weight is 279 g/mol. The van der Waals surface area contributed by atoms with Gasteiger partial charge in [-0.15, -0.1) is 0 Å². The Kier molecular flexibility index (Phi) is 3.86. The molecule has 0 spiro atoms. The number of H-pyrrole nitrogens is 1. The second-order valence-electron chi connectivity index (χ2n) is 3.82. The number of carbonyl (C=O) groups excluding carboxylic acids is 1. The fraction of sp³-hybridized carbons (Fsp3) is 0.167. The molecule has 2 rings (SSSR count). The minimum atomic E-state index is -0.424. The second-order valence-corrected chi connectivity index (χ2v) is 4.66. The van der Waals surface area contributed by atoms with Gasteiger partial charge >= 0.3 is 10.8 Å². The van der Waals surface area contributed by atoms with Crippen molar-refractivity contribution < 1.29 is 9.53 Å². The Labute approximate surface area is 113 Å². The van der Waals surface area contributed by atoms with E-state index in [-0.39, 0.29) is 4.87 Å². The fourth-order valence-electron chi connectivity index (χ4n) is 1.55. The first-order chi connectivity index (χ1) is 9.10. The molecular weight excluding hydrogens is 266 g/mol. The van der Waals surface area contributed by atoms with Crippen LogP contribution in [0.25, 0.3) is 0 Å². The van der Waals surface area contributed by atoms with E-state index in [0.717, 1.165) is 17.0 Å². The van der Waals surface area contributed by atoms with Gasteiger partial charge in [-0.2, -0.15) is 0 Å². The molecule has 7 heteroatoms. The van der Waals surface area contributed by atoms with Gasteiger partial charge in [0.1, 0.15) is 0 Å². The van der Waals surface area contributed by atoms with Crippen molar-refractivity contribution in [3.05, 3.63) is 44.5 Å². The summed E-state index contributed by atoms with van der Waals surface area (Å²) in [7, 11) is 1.32. The number of aromatic nitrogens is 1. The summed E-state index contributed by atoms with van der Waals surface area (Å²) in [6.45, 7) is 0.424. The number of methoxy groups -OCH3 is 1. The summed E-state index contributed by atoms with van der Waals surface area (Å²) < 4.78 is 4.64. The van der Waals surface area contributed by atoms with Gasteiger partial charge in [0.25, 0.3) is 0 Å². The lowest BCUT2D eigenvalue weighted by molar-refractivity contribution is 0.0601. The molecule has 100 valence electrons. The van der Waals surface area contributed by atoms with Crippen LogP contribution in [0, 0.1) is 0 Å². The Hall–Kier alpha value is -2.28. The maximum Gasteiger partial charge on any atom is 0.337 e. The molecule has 4 N–H and O–H groups in total. The summed E-state index contributed by atoms with van der Waals surface area (Å²) in [6.07, 6.45) is 0. The van der Waals surface area contributed by atoms with E-state index in [2.05, 4.69) is 15.0 Å². The van der Waals surface area contributed by atoms with Crippen molar-refractivity contribution in [3.63, 3.8) is 0 Å². The second kappa shape index (κ2) is 5.57. The summed E-state index contributed by atoms with van der Waals surface area (Å²) in [4.78, 5) is 25.0. The third-order valence-corrected chi connectivity index (χ3v) is 3.23. The molecule has 0 bridgehead atoms. The van der Waals surface area contributed by atoms with E-state index >= 15 is 0 Å². The largest absolute Gasteiger partial charge is 0.465 e. The van der Waals surface area contributed by atoms with E-state index in [0.29, 0.717) is 23.5 Å². The molecule has 0 unspecified atom stereocenters. The highest BCUT2D eigenvalue weighted by Gasteiger charge is 2.08. The Morgan fingerprint density at radius 2 is 2.32 bits per heavy atom. The van der Waals surface area contributed by atoms with E-state index in [4.69, 9.17) is 5.73 Å². The smallest absolute Gasteiger partial charge is 0.337 e. The summed E-state index contributed by atoms with van der Waals surface area (Å²) in [5.41, 5.74) is 8.13. The van der Waals surface area contributed by atoms with Gasteiger partial charge in [-0.05, 0) is 18.2 Å². The third-order valence-electron chi connectivity index (χ3n) is 2.51. The summed E-state index contributed by atoms with van der Waals surface area (Å²) in [6, 6.07) is 4.84.